The van der Waals surface area contributed by atoms with Gasteiger partial charge in [-0.25, -0.2) is 0 Å². The third kappa shape index (κ3) is 3.99. The van der Waals surface area contributed by atoms with E-state index in [9.17, 15) is 18.0 Å². The predicted octanol–water partition coefficient (Wildman–Crippen LogP) is 3.79. The molecule has 0 aliphatic heterocycles. The molecule has 1 N–H and O–H groups in total. The summed E-state index contributed by atoms with van der Waals surface area (Å²) in [7, 11) is 0. The number of rotatable bonds is 4. The second-order valence-electron chi connectivity index (χ2n) is 4.95. The highest BCUT2D eigenvalue weighted by molar-refractivity contribution is 7.10. The van der Waals surface area contributed by atoms with Crippen molar-refractivity contribution in [3.8, 4) is 0 Å². The van der Waals surface area contributed by atoms with Crippen LogP contribution < -0.4 is 5.32 Å². The van der Waals surface area contributed by atoms with Crippen LogP contribution in [0.3, 0.4) is 0 Å². The van der Waals surface area contributed by atoms with Gasteiger partial charge in [-0.15, -0.1) is 21.5 Å². The quantitative estimate of drug-likeness (QED) is 0.694. The summed E-state index contributed by atoms with van der Waals surface area (Å²) in [5.41, 5.74) is -0.831. The number of amides is 1. The zero-order chi connectivity index (χ0) is 18.0. The van der Waals surface area contributed by atoms with E-state index in [1.807, 2.05) is 17.5 Å². The molecule has 0 aromatic carbocycles. The Labute approximate surface area is 148 Å². The van der Waals surface area contributed by atoms with Crippen LogP contribution in [0.25, 0.3) is 11.7 Å². The predicted molar refractivity (Wildman–Crippen MR) is 88.2 cm³/mol. The average Bonchev–Trinajstić information content (AvgIpc) is 3.19. The molecule has 0 saturated carbocycles. The van der Waals surface area contributed by atoms with E-state index in [1.165, 1.54) is 17.4 Å². The van der Waals surface area contributed by atoms with Gasteiger partial charge in [-0.05, 0) is 23.6 Å². The summed E-state index contributed by atoms with van der Waals surface area (Å²) in [5, 5.41) is 11.8. The Morgan fingerprint density at radius 1 is 1.40 bits per heavy atom. The molecule has 0 aliphatic rings. The SMILES string of the molecule is O=C(C=Cc1cccs1)NCc1nnc2c(Cl)cc(C(F)(F)F)cn12. The highest BCUT2D eigenvalue weighted by Crippen LogP contribution is 2.32. The fourth-order valence-electron chi connectivity index (χ4n) is 2.04. The molecule has 0 spiro atoms. The lowest BCUT2D eigenvalue weighted by Gasteiger charge is -2.09. The topological polar surface area (TPSA) is 59.3 Å². The number of nitrogens with one attached hydrogen (secondary N) is 1. The van der Waals surface area contributed by atoms with Crippen LogP contribution in [-0.2, 0) is 17.5 Å². The number of alkyl halides is 3. The van der Waals surface area contributed by atoms with E-state index < -0.39 is 17.6 Å². The molecule has 0 atom stereocenters. The molecule has 25 heavy (non-hydrogen) atoms. The fraction of sp³-hybridized carbons (Fsp3) is 0.133. The van der Waals surface area contributed by atoms with Gasteiger partial charge in [0.05, 0.1) is 17.1 Å². The van der Waals surface area contributed by atoms with Crippen molar-refractivity contribution in [2.45, 2.75) is 12.7 Å². The molecule has 3 aromatic heterocycles. The van der Waals surface area contributed by atoms with Crippen molar-refractivity contribution in [3.63, 3.8) is 0 Å². The molecule has 0 bridgehead atoms. The van der Waals surface area contributed by atoms with Gasteiger partial charge in [-0.1, -0.05) is 17.7 Å². The van der Waals surface area contributed by atoms with Crippen molar-refractivity contribution in [2.75, 3.05) is 0 Å². The summed E-state index contributed by atoms with van der Waals surface area (Å²) in [6.45, 7) is -0.0909. The fourth-order valence-corrected chi connectivity index (χ4v) is 2.91. The van der Waals surface area contributed by atoms with Crippen LogP contribution in [0.1, 0.15) is 16.3 Å². The first kappa shape index (κ1) is 17.4. The Bertz CT molecular complexity index is 934. The number of thiophene rings is 1. The molecule has 0 saturated heterocycles. The minimum absolute atomic E-state index is 0.0908. The molecule has 0 unspecified atom stereocenters. The highest BCUT2D eigenvalue weighted by atomic mass is 35.5. The average molecular weight is 387 g/mol. The summed E-state index contributed by atoms with van der Waals surface area (Å²) < 4.78 is 39.8. The maximum atomic E-state index is 12.9. The summed E-state index contributed by atoms with van der Waals surface area (Å²) in [5.74, 6) is -0.260. The third-order valence-corrected chi connectivity index (χ3v) is 4.34. The molecule has 0 radical (unpaired) electrons. The number of hydrogen-bond donors (Lipinski definition) is 1. The van der Waals surface area contributed by atoms with E-state index in [-0.39, 0.29) is 23.0 Å². The standard InChI is InChI=1S/C15H10ClF3N4OS/c16-11-6-9(15(17,18)19)8-23-12(21-22-14(11)23)7-20-13(24)4-3-10-2-1-5-25-10/h1-6,8H,7H2,(H,20,24). The summed E-state index contributed by atoms with van der Waals surface area (Å²) in [6, 6.07) is 4.49. The number of hydrogen-bond acceptors (Lipinski definition) is 4. The molecule has 0 fully saturated rings. The van der Waals surface area contributed by atoms with Crippen molar-refractivity contribution < 1.29 is 18.0 Å². The Morgan fingerprint density at radius 3 is 2.88 bits per heavy atom. The van der Waals surface area contributed by atoms with E-state index >= 15 is 0 Å². The monoisotopic (exact) mass is 386 g/mol. The Balaban J connectivity index is 1.77. The first-order valence-electron chi connectivity index (χ1n) is 6.94. The molecule has 5 nitrogen and oxygen atoms in total. The number of nitrogens with zero attached hydrogens (tertiary/aromatic N) is 3. The van der Waals surface area contributed by atoms with Crippen LogP contribution >= 0.6 is 22.9 Å². The lowest BCUT2D eigenvalue weighted by Crippen LogP contribution is -2.21. The van der Waals surface area contributed by atoms with Crippen molar-refractivity contribution in [3.05, 3.63) is 57.1 Å². The van der Waals surface area contributed by atoms with Crippen molar-refractivity contribution in [1.82, 2.24) is 19.9 Å². The van der Waals surface area contributed by atoms with Crippen molar-refractivity contribution in [2.24, 2.45) is 0 Å². The second kappa shape index (κ2) is 6.85. The van der Waals surface area contributed by atoms with Crippen LogP contribution in [0.5, 0.6) is 0 Å². The molecular weight excluding hydrogens is 377 g/mol. The number of carbonyl (C=O) groups excluding carboxylic acids is 1. The Kier molecular flexibility index (Phi) is 4.78. The minimum Gasteiger partial charge on any atom is -0.345 e. The van der Waals surface area contributed by atoms with E-state index in [1.54, 1.807) is 6.08 Å². The molecule has 3 heterocycles. The smallest absolute Gasteiger partial charge is 0.345 e. The van der Waals surface area contributed by atoms with Crippen LogP contribution in [-0.4, -0.2) is 20.5 Å². The van der Waals surface area contributed by atoms with E-state index in [4.69, 9.17) is 11.6 Å². The molecule has 0 aliphatic carbocycles. The molecule has 3 aromatic rings. The lowest BCUT2D eigenvalue weighted by molar-refractivity contribution is -0.137. The Hall–Kier alpha value is -2.39. The van der Waals surface area contributed by atoms with Crippen LogP contribution in [0.4, 0.5) is 13.2 Å². The normalized spacial score (nSPS) is 12.2. The summed E-state index contributed by atoms with van der Waals surface area (Å²) in [6.07, 6.45) is -0.722. The van der Waals surface area contributed by atoms with Gasteiger partial charge in [0.25, 0.3) is 0 Å². The van der Waals surface area contributed by atoms with Crippen molar-refractivity contribution >= 4 is 40.6 Å². The highest BCUT2D eigenvalue weighted by Gasteiger charge is 2.32. The molecule has 10 heteroatoms. The second-order valence-corrected chi connectivity index (χ2v) is 6.34. The zero-order valence-corrected chi connectivity index (χ0v) is 14.0. The summed E-state index contributed by atoms with van der Waals surface area (Å²) in [4.78, 5) is 12.7. The molecule has 1 amide bonds. The third-order valence-electron chi connectivity index (χ3n) is 3.22. The van der Waals surface area contributed by atoms with E-state index in [0.29, 0.717) is 0 Å². The first-order chi connectivity index (χ1) is 11.8. The van der Waals surface area contributed by atoms with Crippen LogP contribution in [0.15, 0.2) is 35.9 Å². The van der Waals surface area contributed by atoms with Gasteiger partial charge in [0.15, 0.2) is 11.5 Å². The summed E-state index contributed by atoms with van der Waals surface area (Å²) >= 11 is 7.30. The van der Waals surface area contributed by atoms with E-state index in [2.05, 4.69) is 15.5 Å². The maximum Gasteiger partial charge on any atom is 0.417 e. The number of pyridine rings is 1. The first-order valence-corrected chi connectivity index (χ1v) is 8.20. The molecular formula is C15H10ClF3N4OS. The maximum absolute atomic E-state index is 12.9. The van der Waals surface area contributed by atoms with Crippen LogP contribution in [0.2, 0.25) is 5.02 Å². The molecule has 3 rings (SSSR count). The lowest BCUT2D eigenvalue weighted by atomic mass is 10.3. The van der Waals surface area contributed by atoms with Gasteiger partial charge < -0.3 is 5.32 Å². The van der Waals surface area contributed by atoms with Gasteiger partial charge in [-0.3, -0.25) is 9.20 Å². The van der Waals surface area contributed by atoms with Gasteiger partial charge in [0.1, 0.15) is 0 Å². The molecule has 130 valence electrons. The largest absolute Gasteiger partial charge is 0.417 e. The van der Waals surface area contributed by atoms with Gasteiger partial charge in [0.2, 0.25) is 5.91 Å². The van der Waals surface area contributed by atoms with Gasteiger partial charge >= 0.3 is 6.18 Å². The zero-order valence-electron chi connectivity index (χ0n) is 12.4. The number of aromatic nitrogens is 3. The van der Waals surface area contributed by atoms with Gasteiger partial charge in [0, 0.05) is 17.2 Å². The van der Waals surface area contributed by atoms with Gasteiger partial charge in [-0.2, -0.15) is 13.2 Å². The number of carbonyl (C=O) groups is 1. The number of halogens is 4. The van der Waals surface area contributed by atoms with E-state index in [0.717, 1.165) is 21.5 Å². The number of fused-ring (bicyclic) bond motifs is 1. The van der Waals surface area contributed by atoms with Crippen molar-refractivity contribution in [1.29, 1.82) is 0 Å². The Morgan fingerprint density at radius 2 is 2.20 bits per heavy atom. The van der Waals surface area contributed by atoms with Crippen LogP contribution in [0, 0.1) is 0 Å². The minimum atomic E-state index is -4.55.